The molecule has 1 N–H and O–H groups in total. The fourth-order valence-electron chi connectivity index (χ4n) is 2.07. The number of amides is 2. The van der Waals surface area contributed by atoms with E-state index >= 15 is 0 Å². The van der Waals surface area contributed by atoms with Crippen LogP contribution in [0.5, 0.6) is 0 Å². The number of imide groups is 1. The standard InChI is InChI=1S/C8H11NO2/c10-7-5-3-1-2-4-6(5)8(11)9-7/h5-6H,1-4H2,(H,9,10,11)/t5-,6-/m0/s1. The molecule has 1 heterocycles. The van der Waals surface area contributed by atoms with E-state index < -0.39 is 0 Å². The maximum atomic E-state index is 11.1. The fourth-order valence-corrected chi connectivity index (χ4v) is 2.07. The topological polar surface area (TPSA) is 46.2 Å². The first-order valence-electron chi connectivity index (χ1n) is 4.14. The van der Waals surface area contributed by atoms with Crippen LogP contribution < -0.4 is 5.32 Å². The molecule has 1 saturated carbocycles. The molecule has 0 aromatic rings. The van der Waals surface area contributed by atoms with E-state index in [9.17, 15) is 9.59 Å². The van der Waals surface area contributed by atoms with Gasteiger partial charge in [-0.2, -0.15) is 0 Å². The van der Waals surface area contributed by atoms with Gasteiger partial charge in [0.2, 0.25) is 11.8 Å². The summed E-state index contributed by atoms with van der Waals surface area (Å²) < 4.78 is 0. The van der Waals surface area contributed by atoms with Gasteiger partial charge in [0, 0.05) is 11.8 Å². The Hall–Kier alpha value is -0.860. The maximum Gasteiger partial charge on any atom is 0.230 e. The summed E-state index contributed by atoms with van der Waals surface area (Å²) in [6.07, 6.45) is 4.01. The van der Waals surface area contributed by atoms with Crippen LogP contribution in [0, 0.1) is 11.8 Å². The smallest absolute Gasteiger partial charge is 0.230 e. The van der Waals surface area contributed by atoms with E-state index in [-0.39, 0.29) is 23.7 Å². The number of nitrogens with one attached hydrogen (secondary N) is 1. The van der Waals surface area contributed by atoms with Crippen LogP contribution in [0.2, 0.25) is 0 Å². The summed E-state index contributed by atoms with van der Waals surface area (Å²) in [4.78, 5) is 22.2. The van der Waals surface area contributed by atoms with Gasteiger partial charge < -0.3 is 0 Å². The highest BCUT2D eigenvalue weighted by Crippen LogP contribution is 2.33. The zero-order valence-electron chi connectivity index (χ0n) is 6.30. The molecule has 60 valence electrons. The summed E-state index contributed by atoms with van der Waals surface area (Å²) in [6.45, 7) is 0. The molecule has 0 unspecified atom stereocenters. The molecule has 2 amide bonds. The average molecular weight is 153 g/mol. The lowest BCUT2D eigenvalue weighted by Crippen LogP contribution is -2.21. The van der Waals surface area contributed by atoms with E-state index in [1.54, 1.807) is 0 Å². The number of carbonyl (C=O) groups is 2. The third kappa shape index (κ3) is 0.951. The van der Waals surface area contributed by atoms with Crippen molar-refractivity contribution in [3.8, 4) is 0 Å². The lowest BCUT2D eigenvalue weighted by molar-refractivity contribution is -0.126. The van der Waals surface area contributed by atoms with Crippen LogP contribution in [0.4, 0.5) is 0 Å². The molecule has 0 aromatic carbocycles. The molecule has 2 fully saturated rings. The van der Waals surface area contributed by atoms with Crippen molar-refractivity contribution in [3.05, 3.63) is 0 Å². The normalized spacial score (nSPS) is 36.7. The lowest BCUT2D eigenvalue weighted by Gasteiger charge is -2.19. The van der Waals surface area contributed by atoms with Gasteiger partial charge in [-0.25, -0.2) is 0 Å². The molecule has 1 saturated heterocycles. The van der Waals surface area contributed by atoms with Gasteiger partial charge in [0.05, 0.1) is 0 Å². The van der Waals surface area contributed by atoms with E-state index in [1.807, 2.05) is 0 Å². The summed E-state index contributed by atoms with van der Waals surface area (Å²) in [5.74, 6) is -0.0631. The highest BCUT2D eigenvalue weighted by Gasteiger charge is 2.42. The van der Waals surface area contributed by atoms with Crippen LogP contribution >= 0.6 is 0 Å². The predicted octanol–water partition coefficient (Wildman–Crippen LogP) is 0.449. The van der Waals surface area contributed by atoms with Crippen LogP contribution in [-0.2, 0) is 9.59 Å². The summed E-state index contributed by atoms with van der Waals surface area (Å²) >= 11 is 0. The molecule has 11 heavy (non-hydrogen) atoms. The first-order chi connectivity index (χ1) is 5.29. The Labute approximate surface area is 65.2 Å². The fraction of sp³-hybridized carbons (Fsp3) is 0.750. The monoisotopic (exact) mass is 153 g/mol. The molecular formula is C8H11NO2. The largest absolute Gasteiger partial charge is 0.296 e. The number of carbonyl (C=O) groups excluding carboxylic acids is 2. The Morgan fingerprint density at radius 2 is 1.45 bits per heavy atom. The van der Waals surface area contributed by atoms with Crippen molar-refractivity contribution in [1.29, 1.82) is 0 Å². The summed E-state index contributed by atoms with van der Waals surface area (Å²) in [5, 5.41) is 2.38. The molecule has 2 rings (SSSR count). The lowest BCUT2D eigenvalue weighted by atomic mass is 9.81. The Bertz CT molecular complexity index is 190. The van der Waals surface area contributed by atoms with Gasteiger partial charge >= 0.3 is 0 Å². The molecule has 2 atom stereocenters. The van der Waals surface area contributed by atoms with Crippen molar-refractivity contribution in [2.75, 3.05) is 0 Å². The zero-order chi connectivity index (χ0) is 7.84. The molecule has 0 bridgehead atoms. The summed E-state index contributed by atoms with van der Waals surface area (Å²) in [7, 11) is 0. The van der Waals surface area contributed by atoms with Gasteiger partial charge in [-0.15, -0.1) is 0 Å². The minimum Gasteiger partial charge on any atom is -0.296 e. The Morgan fingerprint density at radius 1 is 1.00 bits per heavy atom. The van der Waals surface area contributed by atoms with Crippen LogP contribution in [0.25, 0.3) is 0 Å². The van der Waals surface area contributed by atoms with Crippen LogP contribution in [0.1, 0.15) is 25.7 Å². The Balaban J connectivity index is 2.19. The van der Waals surface area contributed by atoms with E-state index in [2.05, 4.69) is 5.32 Å². The third-order valence-corrected chi connectivity index (χ3v) is 2.69. The van der Waals surface area contributed by atoms with Crippen LogP contribution in [0.3, 0.4) is 0 Å². The van der Waals surface area contributed by atoms with Gasteiger partial charge in [-0.05, 0) is 12.8 Å². The molecule has 0 aromatic heterocycles. The number of fused-ring (bicyclic) bond motifs is 1. The molecule has 2 aliphatic rings. The van der Waals surface area contributed by atoms with Gasteiger partial charge in [0.1, 0.15) is 0 Å². The van der Waals surface area contributed by atoms with E-state index in [4.69, 9.17) is 0 Å². The zero-order valence-corrected chi connectivity index (χ0v) is 6.30. The second-order valence-corrected chi connectivity index (χ2v) is 3.35. The molecule has 0 spiro atoms. The molecule has 3 nitrogen and oxygen atoms in total. The number of hydrogen-bond donors (Lipinski definition) is 1. The Kier molecular flexibility index (Phi) is 1.44. The number of rotatable bonds is 0. The number of hydrogen-bond acceptors (Lipinski definition) is 2. The van der Waals surface area contributed by atoms with Gasteiger partial charge in [-0.1, -0.05) is 12.8 Å². The van der Waals surface area contributed by atoms with Crippen molar-refractivity contribution < 1.29 is 9.59 Å². The SMILES string of the molecule is O=C1NC(=O)[C@H]2CCCC[C@H]12. The quantitative estimate of drug-likeness (QED) is 0.513. The summed E-state index contributed by atoms with van der Waals surface area (Å²) in [5.41, 5.74) is 0. The molecule has 0 radical (unpaired) electrons. The van der Waals surface area contributed by atoms with Crippen molar-refractivity contribution >= 4 is 11.8 Å². The summed E-state index contributed by atoms with van der Waals surface area (Å²) in [6, 6.07) is 0. The molecule has 3 heteroatoms. The first kappa shape index (κ1) is 6.83. The van der Waals surface area contributed by atoms with Crippen molar-refractivity contribution in [2.24, 2.45) is 11.8 Å². The van der Waals surface area contributed by atoms with Crippen LogP contribution in [0.15, 0.2) is 0 Å². The first-order valence-corrected chi connectivity index (χ1v) is 4.14. The van der Waals surface area contributed by atoms with Gasteiger partial charge in [0.25, 0.3) is 0 Å². The molecule has 1 aliphatic carbocycles. The molecule has 1 aliphatic heterocycles. The second kappa shape index (κ2) is 2.32. The average Bonchev–Trinajstić information content (AvgIpc) is 2.30. The minimum absolute atomic E-state index is 0.0104. The van der Waals surface area contributed by atoms with Gasteiger partial charge in [-0.3, -0.25) is 14.9 Å². The maximum absolute atomic E-state index is 11.1. The van der Waals surface area contributed by atoms with Gasteiger partial charge in [0.15, 0.2) is 0 Å². The van der Waals surface area contributed by atoms with E-state index in [0.29, 0.717) is 0 Å². The van der Waals surface area contributed by atoms with Crippen LogP contribution in [-0.4, -0.2) is 11.8 Å². The highest BCUT2D eigenvalue weighted by atomic mass is 16.2. The van der Waals surface area contributed by atoms with Crippen molar-refractivity contribution in [1.82, 2.24) is 5.32 Å². The van der Waals surface area contributed by atoms with Crippen molar-refractivity contribution in [3.63, 3.8) is 0 Å². The van der Waals surface area contributed by atoms with Crippen molar-refractivity contribution in [2.45, 2.75) is 25.7 Å². The predicted molar refractivity (Wildman–Crippen MR) is 38.6 cm³/mol. The Morgan fingerprint density at radius 3 is 1.91 bits per heavy atom. The second-order valence-electron chi connectivity index (χ2n) is 3.35. The third-order valence-electron chi connectivity index (χ3n) is 2.69. The minimum atomic E-state index is -0.0419. The van der Waals surface area contributed by atoms with E-state index in [0.717, 1.165) is 25.7 Å². The molecular weight excluding hydrogens is 142 g/mol. The highest BCUT2D eigenvalue weighted by molar-refractivity contribution is 6.05. The van der Waals surface area contributed by atoms with E-state index in [1.165, 1.54) is 0 Å².